The number of halogens is 2. The van der Waals surface area contributed by atoms with Gasteiger partial charge in [-0.2, -0.15) is 0 Å². The molecule has 0 saturated carbocycles. The normalized spacial score (nSPS) is 13.4. The SMILES string of the molecule is O=C(O)c1cc(F)ccc1N1CCc2ccc(F)cc21. The Labute approximate surface area is 114 Å². The number of carbonyl (C=O) groups is 1. The van der Waals surface area contributed by atoms with E-state index in [9.17, 15) is 18.7 Å². The Morgan fingerprint density at radius 3 is 2.50 bits per heavy atom. The molecule has 0 amide bonds. The molecule has 3 nitrogen and oxygen atoms in total. The zero-order chi connectivity index (χ0) is 14.3. The highest BCUT2D eigenvalue weighted by atomic mass is 19.1. The van der Waals surface area contributed by atoms with Gasteiger partial charge in [-0.15, -0.1) is 0 Å². The summed E-state index contributed by atoms with van der Waals surface area (Å²) in [5.74, 6) is -2.19. The molecule has 5 heteroatoms. The number of fused-ring (bicyclic) bond motifs is 1. The number of carboxylic acid groups (broad SMARTS) is 1. The highest BCUT2D eigenvalue weighted by Crippen LogP contribution is 2.36. The van der Waals surface area contributed by atoms with Gasteiger partial charge < -0.3 is 10.0 Å². The molecule has 0 saturated heterocycles. The first-order valence-electron chi connectivity index (χ1n) is 6.15. The first kappa shape index (κ1) is 12.6. The maximum Gasteiger partial charge on any atom is 0.337 e. The van der Waals surface area contributed by atoms with Crippen LogP contribution in [0.3, 0.4) is 0 Å². The van der Waals surface area contributed by atoms with Gasteiger partial charge in [-0.25, -0.2) is 13.6 Å². The summed E-state index contributed by atoms with van der Waals surface area (Å²) in [5.41, 5.74) is 1.84. The van der Waals surface area contributed by atoms with Crippen LogP contribution in [0.1, 0.15) is 15.9 Å². The summed E-state index contributed by atoms with van der Waals surface area (Å²) < 4.78 is 26.6. The predicted molar refractivity (Wildman–Crippen MR) is 70.5 cm³/mol. The number of hydrogen-bond acceptors (Lipinski definition) is 2. The van der Waals surface area contributed by atoms with Crippen LogP contribution in [0.5, 0.6) is 0 Å². The first-order chi connectivity index (χ1) is 9.56. The average Bonchev–Trinajstić information content (AvgIpc) is 2.81. The molecule has 0 unspecified atom stereocenters. The fraction of sp³-hybridized carbons (Fsp3) is 0.133. The quantitative estimate of drug-likeness (QED) is 0.913. The van der Waals surface area contributed by atoms with E-state index in [4.69, 9.17) is 0 Å². The second-order valence-corrected chi connectivity index (χ2v) is 4.64. The van der Waals surface area contributed by atoms with E-state index in [1.807, 2.05) is 0 Å². The predicted octanol–water partition coefficient (Wildman–Crippen LogP) is 3.36. The Hall–Kier alpha value is -2.43. The average molecular weight is 275 g/mol. The third-order valence-corrected chi connectivity index (χ3v) is 3.42. The number of benzene rings is 2. The molecule has 0 aliphatic carbocycles. The standard InChI is InChI=1S/C15H11F2NO2/c16-10-3-4-13(12(7-10)15(19)20)18-6-5-9-1-2-11(17)8-14(9)18/h1-4,7-8H,5-6H2,(H,19,20). The van der Waals surface area contributed by atoms with Crippen molar-refractivity contribution >= 4 is 17.3 Å². The topological polar surface area (TPSA) is 40.5 Å². The minimum Gasteiger partial charge on any atom is -0.478 e. The molecule has 0 spiro atoms. The molecule has 1 aliphatic rings. The fourth-order valence-electron chi connectivity index (χ4n) is 2.52. The van der Waals surface area contributed by atoms with E-state index >= 15 is 0 Å². The Kier molecular flexibility index (Phi) is 2.89. The van der Waals surface area contributed by atoms with Gasteiger partial charge in [-0.3, -0.25) is 0 Å². The summed E-state index contributed by atoms with van der Waals surface area (Å²) in [7, 11) is 0. The Morgan fingerprint density at radius 2 is 1.75 bits per heavy atom. The van der Waals surface area contributed by atoms with Crippen LogP contribution in [0, 0.1) is 11.6 Å². The summed E-state index contributed by atoms with van der Waals surface area (Å²) in [6.07, 6.45) is 0.700. The zero-order valence-corrected chi connectivity index (χ0v) is 10.4. The molecular formula is C15H11F2NO2. The largest absolute Gasteiger partial charge is 0.478 e. The Morgan fingerprint density at radius 1 is 1.05 bits per heavy atom. The summed E-state index contributed by atoms with van der Waals surface area (Å²) in [6.45, 7) is 0.546. The van der Waals surface area contributed by atoms with Crippen LogP contribution in [-0.4, -0.2) is 17.6 Å². The lowest BCUT2D eigenvalue weighted by Gasteiger charge is -2.21. The maximum atomic E-state index is 13.4. The lowest BCUT2D eigenvalue weighted by molar-refractivity contribution is 0.0697. The number of nitrogens with zero attached hydrogens (tertiary/aromatic N) is 1. The number of anilines is 2. The fourth-order valence-corrected chi connectivity index (χ4v) is 2.52. The van der Waals surface area contributed by atoms with Crippen molar-refractivity contribution in [2.24, 2.45) is 0 Å². The first-order valence-corrected chi connectivity index (χ1v) is 6.15. The molecule has 2 aromatic carbocycles. The van der Waals surface area contributed by atoms with Crippen LogP contribution in [0.15, 0.2) is 36.4 Å². The second-order valence-electron chi connectivity index (χ2n) is 4.64. The van der Waals surface area contributed by atoms with E-state index in [-0.39, 0.29) is 11.4 Å². The minimum atomic E-state index is -1.20. The van der Waals surface area contributed by atoms with Crippen molar-refractivity contribution in [3.8, 4) is 0 Å². The molecular weight excluding hydrogens is 264 g/mol. The molecule has 1 heterocycles. The highest BCUT2D eigenvalue weighted by molar-refractivity contribution is 5.96. The molecule has 0 radical (unpaired) electrons. The summed E-state index contributed by atoms with van der Waals surface area (Å²) in [4.78, 5) is 13.0. The van der Waals surface area contributed by atoms with Gasteiger partial charge in [0, 0.05) is 12.2 Å². The maximum absolute atomic E-state index is 13.4. The molecule has 20 heavy (non-hydrogen) atoms. The summed E-state index contributed by atoms with van der Waals surface area (Å²) in [5, 5.41) is 9.19. The van der Waals surface area contributed by atoms with Crippen molar-refractivity contribution in [3.63, 3.8) is 0 Å². The molecule has 1 aliphatic heterocycles. The molecule has 0 fully saturated rings. The monoisotopic (exact) mass is 275 g/mol. The Bertz CT molecular complexity index is 700. The molecule has 2 aromatic rings. The van der Waals surface area contributed by atoms with Crippen LogP contribution < -0.4 is 4.90 Å². The van der Waals surface area contributed by atoms with Crippen molar-refractivity contribution in [1.29, 1.82) is 0 Å². The van der Waals surface area contributed by atoms with E-state index in [0.29, 0.717) is 24.3 Å². The van der Waals surface area contributed by atoms with Gasteiger partial charge in [0.2, 0.25) is 0 Å². The van der Waals surface area contributed by atoms with Crippen LogP contribution in [0.2, 0.25) is 0 Å². The summed E-state index contributed by atoms with van der Waals surface area (Å²) in [6, 6.07) is 8.05. The smallest absolute Gasteiger partial charge is 0.337 e. The summed E-state index contributed by atoms with van der Waals surface area (Å²) >= 11 is 0. The number of rotatable bonds is 2. The van der Waals surface area contributed by atoms with E-state index in [2.05, 4.69) is 0 Å². The van der Waals surface area contributed by atoms with Crippen molar-refractivity contribution in [3.05, 3.63) is 59.2 Å². The van der Waals surface area contributed by atoms with E-state index < -0.39 is 11.8 Å². The van der Waals surface area contributed by atoms with Crippen molar-refractivity contribution in [2.45, 2.75) is 6.42 Å². The minimum absolute atomic E-state index is 0.123. The lowest BCUT2D eigenvalue weighted by Crippen LogP contribution is -2.17. The number of aromatic carboxylic acids is 1. The highest BCUT2D eigenvalue weighted by Gasteiger charge is 2.25. The van der Waals surface area contributed by atoms with E-state index in [1.165, 1.54) is 24.3 Å². The molecule has 1 N–H and O–H groups in total. The molecule has 102 valence electrons. The second kappa shape index (κ2) is 4.59. The van der Waals surface area contributed by atoms with Gasteiger partial charge in [0.05, 0.1) is 11.3 Å². The Balaban J connectivity index is 2.13. The number of hydrogen-bond donors (Lipinski definition) is 1. The van der Waals surface area contributed by atoms with Gasteiger partial charge in [0.25, 0.3) is 0 Å². The van der Waals surface area contributed by atoms with Crippen LogP contribution in [0.4, 0.5) is 20.2 Å². The van der Waals surface area contributed by atoms with E-state index in [1.54, 1.807) is 11.0 Å². The third kappa shape index (κ3) is 2.01. The van der Waals surface area contributed by atoms with Crippen molar-refractivity contribution in [2.75, 3.05) is 11.4 Å². The van der Waals surface area contributed by atoms with Crippen LogP contribution >= 0.6 is 0 Å². The van der Waals surface area contributed by atoms with Gasteiger partial charge in [0.1, 0.15) is 11.6 Å². The number of carboxylic acids is 1. The van der Waals surface area contributed by atoms with Gasteiger partial charge in [-0.1, -0.05) is 6.07 Å². The van der Waals surface area contributed by atoms with Crippen LogP contribution in [0.25, 0.3) is 0 Å². The molecule has 0 atom stereocenters. The third-order valence-electron chi connectivity index (χ3n) is 3.42. The van der Waals surface area contributed by atoms with Gasteiger partial charge in [-0.05, 0) is 42.3 Å². The van der Waals surface area contributed by atoms with Crippen molar-refractivity contribution < 1.29 is 18.7 Å². The molecule has 0 aromatic heterocycles. The van der Waals surface area contributed by atoms with Gasteiger partial charge in [0.15, 0.2) is 0 Å². The van der Waals surface area contributed by atoms with Crippen LogP contribution in [-0.2, 0) is 6.42 Å². The van der Waals surface area contributed by atoms with E-state index in [0.717, 1.165) is 11.6 Å². The molecule has 3 rings (SSSR count). The van der Waals surface area contributed by atoms with Crippen molar-refractivity contribution in [1.82, 2.24) is 0 Å². The van der Waals surface area contributed by atoms with Gasteiger partial charge >= 0.3 is 5.97 Å². The lowest BCUT2D eigenvalue weighted by atomic mass is 10.1. The zero-order valence-electron chi connectivity index (χ0n) is 10.4. The molecule has 0 bridgehead atoms.